The number of aliphatic hydroxyl groups is 1. The van der Waals surface area contributed by atoms with Gasteiger partial charge in [-0.1, -0.05) is 11.3 Å². The lowest BCUT2D eigenvalue weighted by molar-refractivity contribution is 0.0790. The van der Waals surface area contributed by atoms with Gasteiger partial charge in [-0.25, -0.2) is 4.98 Å². The highest BCUT2D eigenvalue weighted by Crippen LogP contribution is 2.31. The van der Waals surface area contributed by atoms with Crippen molar-refractivity contribution in [1.29, 1.82) is 0 Å². The molecule has 2 fully saturated rings. The molecule has 0 aromatic carbocycles. The molecule has 0 bridgehead atoms. The van der Waals surface area contributed by atoms with Crippen LogP contribution in [0.4, 0.5) is 10.9 Å². The van der Waals surface area contributed by atoms with Gasteiger partial charge in [0.25, 0.3) is 5.91 Å². The maximum Gasteiger partial charge on any atom is 0.267 e. The fraction of sp³-hybridized carbons (Fsp3) is 0.714. The average molecular weight is 310 g/mol. The SMILES string of the molecule is Nc1nc(NC2CCC2)sc1C(=O)N1CCC(CCO)C1. The number of anilines is 2. The lowest BCUT2D eigenvalue weighted by Gasteiger charge is -2.25. The summed E-state index contributed by atoms with van der Waals surface area (Å²) < 4.78 is 0. The summed E-state index contributed by atoms with van der Waals surface area (Å²) in [6.45, 7) is 1.64. The number of nitrogens with zero attached hydrogens (tertiary/aromatic N) is 2. The minimum atomic E-state index is -0.0212. The van der Waals surface area contributed by atoms with Crippen LogP contribution in [0.15, 0.2) is 0 Å². The topological polar surface area (TPSA) is 91.5 Å². The van der Waals surface area contributed by atoms with Gasteiger partial charge in [-0.2, -0.15) is 0 Å². The number of hydrogen-bond donors (Lipinski definition) is 3. The van der Waals surface area contributed by atoms with Gasteiger partial charge >= 0.3 is 0 Å². The van der Waals surface area contributed by atoms with E-state index in [-0.39, 0.29) is 12.5 Å². The third kappa shape index (κ3) is 3.13. The number of carbonyl (C=O) groups excluding carboxylic acids is 1. The number of aromatic nitrogens is 1. The number of rotatable bonds is 5. The second kappa shape index (κ2) is 6.19. The Morgan fingerprint density at radius 2 is 2.29 bits per heavy atom. The second-order valence-electron chi connectivity index (χ2n) is 5.92. The normalized spacial score (nSPS) is 22.3. The molecule has 21 heavy (non-hydrogen) atoms. The average Bonchev–Trinajstić information content (AvgIpc) is 3.01. The Morgan fingerprint density at radius 1 is 1.48 bits per heavy atom. The molecule has 1 aliphatic carbocycles. The summed E-state index contributed by atoms with van der Waals surface area (Å²) in [6, 6.07) is 0.485. The number of hydrogen-bond acceptors (Lipinski definition) is 6. The first-order chi connectivity index (χ1) is 10.2. The van der Waals surface area contributed by atoms with Gasteiger partial charge in [0, 0.05) is 25.7 Å². The van der Waals surface area contributed by atoms with E-state index in [1.54, 1.807) is 0 Å². The third-order valence-electron chi connectivity index (χ3n) is 4.39. The van der Waals surface area contributed by atoms with Crippen molar-refractivity contribution in [1.82, 2.24) is 9.88 Å². The summed E-state index contributed by atoms with van der Waals surface area (Å²) in [4.78, 5) is 19.2. The Kier molecular flexibility index (Phi) is 4.30. The van der Waals surface area contributed by atoms with Crippen LogP contribution >= 0.6 is 11.3 Å². The number of aliphatic hydroxyl groups excluding tert-OH is 1. The maximum atomic E-state index is 12.5. The zero-order valence-corrected chi connectivity index (χ0v) is 12.9. The van der Waals surface area contributed by atoms with E-state index in [2.05, 4.69) is 10.3 Å². The Balaban J connectivity index is 1.64. The molecule has 0 spiro atoms. The molecule has 1 aliphatic heterocycles. The Labute approximate surface area is 128 Å². The van der Waals surface area contributed by atoms with E-state index in [9.17, 15) is 4.79 Å². The molecule has 1 amide bonds. The number of carbonyl (C=O) groups is 1. The van der Waals surface area contributed by atoms with E-state index in [0.717, 1.165) is 37.4 Å². The van der Waals surface area contributed by atoms with E-state index < -0.39 is 0 Å². The van der Waals surface area contributed by atoms with Crippen molar-refractivity contribution in [3.63, 3.8) is 0 Å². The summed E-state index contributed by atoms with van der Waals surface area (Å²) in [5.74, 6) is 0.713. The molecule has 1 saturated heterocycles. The van der Waals surface area contributed by atoms with Crippen LogP contribution in [-0.4, -0.2) is 46.6 Å². The van der Waals surface area contributed by atoms with Crippen LogP contribution in [0, 0.1) is 5.92 Å². The lowest BCUT2D eigenvalue weighted by Crippen LogP contribution is -2.28. The van der Waals surface area contributed by atoms with E-state index in [4.69, 9.17) is 10.8 Å². The van der Waals surface area contributed by atoms with Crippen LogP contribution < -0.4 is 11.1 Å². The minimum absolute atomic E-state index is 0.0212. The third-order valence-corrected chi connectivity index (χ3v) is 5.38. The quantitative estimate of drug-likeness (QED) is 0.767. The number of thiazole rings is 1. The number of likely N-dealkylation sites (tertiary alicyclic amines) is 1. The molecular weight excluding hydrogens is 288 g/mol. The van der Waals surface area contributed by atoms with Crippen LogP contribution in [0.2, 0.25) is 0 Å². The van der Waals surface area contributed by atoms with E-state index in [0.29, 0.717) is 29.2 Å². The minimum Gasteiger partial charge on any atom is -0.396 e. The second-order valence-corrected chi connectivity index (χ2v) is 6.92. The molecule has 1 aromatic heterocycles. The van der Waals surface area contributed by atoms with Crippen molar-refractivity contribution in [3.8, 4) is 0 Å². The molecule has 4 N–H and O–H groups in total. The van der Waals surface area contributed by atoms with E-state index in [1.165, 1.54) is 17.8 Å². The van der Waals surface area contributed by atoms with Crippen molar-refractivity contribution in [2.24, 2.45) is 5.92 Å². The summed E-state index contributed by atoms with van der Waals surface area (Å²) in [5.41, 5.74) is 5.91. The largest absolute Gasteiger partial charge is 0.396 e. The maximum absolute atomic E-state index is 12.5. The van der Waals surface area contributed by atoms with Gasteiger partial charge in [-0.05, 0) is 38.0 Å². The first-order valence-corrected chi connectivity index (χ1v) is 8.42. The van der Waals surface area contributed by atoms with Gasteiger partial charge in [0.05, 0.1) is 0 Å². The molecule has 1 unspecified atom stereocenters. The predicted octanol–water partition coefficient (Wildman–Crippen LogP) is 1.53. The Bertz CT molecular complexity index is 515. The standard InChI is InChI=1S/C14H22N4O2S/c15-12-11(21-14(17-12)16-10-2-1-3-10)13(20)18-6-4-9(8-18)5-7-19/h9-10,19H,1-8,15H2,(H,16,17). The van der Waals surface area contributed by atoms with E-state index in [1.807, 2.05) is 4.90 Å². The van der Waals surface area contributed by atoms with Gasteiger partial charge < -0.3 is 21.1 Å². The Morgan fingerprint density at radius 3 is 2.95 bits per heavy atom. The van der Waals surface area contributed by atoms with E-state index >= 15 is 0 Å². The van der Waals surface area contributed by atoms with Gasteiger partial charge in [0.2, 0.25) is 0 Å². The molecular formula is C14H22N4O2S. The van der Waals surface area contributed by atoms with Crippen molar-refractivity contribution in [3.05, 3.63) is 4.88 Å². The molecule has 1 aromatic rings. The lowest BCUT2D eigenvalue weighted by atomic mass is 9.93. The van der Waals surface area contributed by atoms with Crippen molar-refractivity contribution in [2.75, 3.05) is 30.7 Å². The fourth-order valence-corrected chi connectivity index (χ4v) is 3.78. The zero-order chi connectivity index (χ0) is 14.8. The molecule has 1 atom stereocenters. The van der Waals surface area contributed by atoms with Crippen LogP contribution in [-0.2, 0) is 0 Å². The van der Waals surface area contributed by atoms with Crippen LogP contribution in [0.5, 0.6) is 0 Å². The first kappa shape index (κ1) is 14.6. The van der Waals surface area contributed by atoms with Crippen molar-refractivity contribution in [2.45, 2.75) is 38.1 Å². The van der Waals surface area contributed by atoms with Crippen molar-refractivity contribution >= 4 is 28.2 Å². The molecule has 116 valence electrons. The molecule has 2 aliphatic rings. The molecule has 0 radical (unpaired) electrons. The number of nitrogen functional groups attached to an aromatic ring is 1. The molecule has 1 saturated carbocycles. The highest BCUT2D eigenvalue weighted by Gasteiger charge is 2.29. The highest BCUT2D eigenvalue weighted by molar-refractivity contribution is 7.18. The zero-order valence-electron chi connectivity index (χ0n) is 12.0. The summed E-state index contributed by atoms with van der Waals surface area (Å²) in [6.07, 6.45) is 5.30. The molecule has 2 heterocycles. The van der Waals surface area contributed by atoms with Gasteiger partial charge in [0.15, 0.2) is 5.13 Å². The van der Waals surface area contributed by atoms with Gasteiger partial charge in [-0.3, -0.25) is 4.79 Å². The van der Waals surface area contributed by atoms with Crippen LogP contribution in [0.25, 0.3) is 0 Å². The molecule has 7 heteroatoms. The van der Waals surface area contributed by atoms with Gasteiger partial charge in [0.1, 0.15) is 10.7 Å². The summed E-state index contributed by atoms with van der Waals surface area (Å²) in [7, 11) is 0. The van der Waals surface area contributed by atoms with Crippen LogP contribution in [0.3, 0.4) is 0 Å². The monoisotopic (exact) mass is 310 g/mol. The van der Waals surface area contributed by atoms with Crippen molar-refractivity contribution < 1.29 is 9.90 Å². The first-order valence-electron chi connectivity index (χ1n) is 7.60. The van der Waals surface area contributed by atoms with Crippen LogP contribution in [0.1, 0.15) is 41.8 Å². The molecule has 3 rings (SSSR count). The number of amides is 1. The number of nitrogens with two attached hydrogens (primary N) is 1. The van der Waals surface area contributed by atoms with Gasteiger partial charge in [-0.15, -0.1) is 0 Å². The molecule has 6 nitrogen and oxygen atoms in total. The number of nitrogens with one attached hydrogen (secondary N) is 1. The summed E-state index contributed by atoms with van der Waals surface area (Å²) >= 11 is 1.36. The Hall–Kier alpha value is -1.34. The highest BCUT2D eigenvalue weighted by atomic mass is 32.1. The predicted molar refractivity (Wildman–Crippen MR) is 83.5 cm³/mol. The smallest absolute Gasteiger partial charge is 0.267 e. The summed E-state index contributed by atoms with van der Waals surface area (Å²) in [5, 5.41) is 13.1. The fourth-order valence-electron chi connectivity index (χ4n) is 2.85.